The van der Waals surface area contributed by atoms with Crippen LogP contribution in [0.25, 0.3) is 0 Å². The van der Waals surface area contributed by atoms with Crippen LogP contribution in [0.4, 0.5) is 0 Å². The summed E-state index contributed by atoms with van der Waals surface area (Å²) in [4.78, 5) is 0. The topological polar surface area (TPSA) is 40.5 Å². The van der Waals surface area contributed by atoms with Crippen molar-refractivity contribution in [2.45, 2.75) is 33.1 Å². The molecule has 0 saturated heterocycles. The standard InChI is InChI=1S/C8H18O2/c1-3-8(2,7-10)5-4-6-9/h9-10H,3-7H2,1-2H3. The molecule has 0 aliphatic heterocycles. The minimum Gasteiger partial charge on any atom is -0.396 e. The third kappa shape index (κ3) is 3.18. The summed E-state index contributed by atoms with van der Waals surface area (Å²) in [5.74, 6) is 0. The maximum absolute atomic E-state index is 8.93. The molecule has 2 heteroatoms. The van der Waals surface area contributed by atoms with E-state index in [0.717, 1.165) is 19.3 Å². The van der Waals surface area contributed by atoms with E-state index in [4.69, 9.17) is 10.2 Å². The molecule has 2 nitrogen and oxygen atoms in total. The summed E-state index contributed by atoms with van der Waals surface area (Å²) in [6.45, 7) is 4.56. The van der Waals surface area contributed by atoms with Crippen molar-refractivity contribution >= 4 is 0 Å². The molecule has 0 radical (unpaired) electrons. The molecule has 0 spiro atoms. The zero-order chi connectivity index (χ0) is 8.04. The van der Waals surface area contributed by atoms with Gasteiger partial charge in [0, 0.05) is 13.2 Å². The minimum absolute atomic E-state index is 0.0305. The molecule has 2 N–H and O–H groups in total. The second kappa shape index (κ2) is 4.69. The van der Waals surface area contributed by atoms with Crippen molar-refractivity contribution in [1.82, 2.24) is 0 Å². The van der Waals surface area contributed by atoms with E-state index in [-0.39, 0.29) is 18.6 Å². The van der Waals surface area contributed by atoms with Crippen molar-refractivity contribution in [2.75, 3.05) is 13.2 Å². The van der Waals surface area contributed by atoms with E-state index < -0.39 is 0 Å². The Morgan fingerprint density at radius 2 is 1.90 bits per heavy atom. The number of rotatable bonds is 5. The molecule has 0 aromatic rings. The average Bonchev–Trinajstić information content (AvgIpc) is 2.00. The van der Waals surface area contributed by atoms with E-state index in [0.29, 0.717) is 0 Å². The van der Waals surface area contributed by atoms with E-state index in [1.54, 1.807) is 0 Å². The SMILES string of the molecule is CCC(C)(CO)CCCO. The first kappa shape index (κ1) is 9.92. The maximum Gasteiger partial charge on any atom is 0.0484 e. The number of aliphatic hydroxyl groups excluding tert-OH is 2. The first-order valence-electron chi connectivity index (χ1n) is 3.90. The lowest BCUT2D eigenvalue weighted by atomic mass is 9.84. The van der Waals surface area contributed by atoms with Gasteiger partial charge in [0.25, 0.3) is 0 Å². The van der Waals surface area contributed by atoms with Gasteiger partial charge in [-0.1, -0.05) is 13.8 Å². The normalized spacial score (nSPS) is 16.8. The smallest absolute Gasteiger partial charge is 0.0484 e. The summed E-state index contributed by atoms with van der Waals surface area (Å²) in [5.41, 5.74) is 0.0305. The summed E-state index contributed by atoms with van der Waals surface area (Å²) in [7, 11) is 0. The molecule has 0 amide bonds. The molecule has 0 aliphatic carbocycles. The number of hydrogen-bond acceptors (Lipinski definition) is 2. The number of hydrogen-bond donors (Lipinski definition) is 2. The van der Waals surface area contributed by atoms with Gasteiger partial charge in [-0.3, -0.25) is 0 Å². The highest BCUT2D eigenvalue weighted by Crippen LogP contribution is 2.25. The fourth-order valence-corrected chi connectivity index (χ4v) is 0.873. The van der Waals surface area contributed by atoms with E-state index in [1.165, 1.54) is 0 Å². The Kier molecular flexibility index (Phi) is 4.65. The van der Waals surface area contributed by atoms with Gasteiger partial charge in [0.05, 0.1) is 0 Å². The molecular weight excluding hydrogens is 128 g/mol. The lowest BCUT2D eigenvalue weighted by Gasteiger charge is -2.24. The Hall–Kier alpha value is -0.0800. The van der Waals surface area contributed by atoms with Crippen LogP contribution in [0.1, 0.15) is 33.1 Å². The fraction of sp³-hybridized carbons (Fsp3) is 1.00. The highest BCUT2D eigenvalue weighted by molar-refractivity contribution is 4.70. The Balaban J connectivity index is 3.58. The van der Waals surface area contributed by atoms with Crippen molar-refractivity contribution < 1.29 is 10.2 Å². The van der Waals surface area contributed by atoms with Gasteiger partial charge in [-0.05, 0) is 24.7 Å². The van der Waals surface area contributed by atoms with Crippen molar-refractivity contribution in [3.05, 3.63) is 0 Å². The van der Waals surface area contributed by atoms with Crippen LogP contribution in [-0.2, 0) is 0 Å². The van der Waals surface area contributed by atoms with E-state index in [9.17, 15) is 0 Å². The Bertz CT molecular complexity index is 77.3. The molecule has 0 aromatic heterocycles. The van der Waals surface area contributed by atoms with Crippen molar-refractivity contribution in [3.8, 4) is 0 Å². The molecule has 0 rings (SSSR count). The Morgan fingerprint density at radius 3 is 2.20 bits per heavy atom. The van der Waals surface area contributed by atoms with Gasteiger partial charge >= 0.3 is 0 Å². The summed E-state index contributed by atoms with van der Waals surface area (Å²) >= 11 is 0. The molecule has 0 heterocycles. The van der Waals surface area contributed by atoms with Crippen LogP contribution in [0, 0.1) is 5.41 Å². The maximum atomic E-state index is 8.93. The molecule has 0 aliphatic rings. The molecule has 0 fully saturated rings. The number of aliphatic hydroxyl groups is 2. The first-order chi connectivity index (χ1) is 4.68. The molecule has 0 bridgehead atoms. The summed E-state index contributed by atoms with van der Waals surface area (Å²) in [6.07, 6.45) is 2.69. The van der Waals surface area contributed by atoms with Crippen molar-refractivity contribution in [1.29, 1.82) is 0 Å². The molecular formula is C8H18O2. The average molecular weight is 146 g/mol. The second-order valence-corrected chi connectivity index (χ2v) is 3.15. The van der Waals surface area contributed by atoms with E-state index in [1.807, 2.05) is 6.92 Å². The minimum atomic E-state index is 0.0305. The molecule has 0 aromatic carbocycles. The van der Waals surface area contributed by atoms with Gasteiger partial charge in [-0.25, -0.2) is 0 Å². The van der Waals surface area contributed by atoms with Crippen molar-refractivity contribution in [2.24, 2.45) is 5.41 Å². The van der Waals surface area contributed by atoms with Gasteiger partial charge < -0.3 is 10.2 Å². The highest BCUT2D eigenvalue weighted by Gasteiger charge is 2.19. The predicted molar refractivity (Wildman–Crippen MR) is 41.8 cm³/mol. The first-order valence-corrected chi connectivity index (χ1v) is 3.90. The van der Waals surface area contributed by atoms with Gasteiger partial charge in [0.2, 0.25) is 0 Å². The predicted octanol–water partition coefficient (Wildman–Crippen LogP) is 1.17. The largest absolute Gasteiger partial charge is 0.396 e. The van der Waals surface area contributed by atoms with Gasteiger partial charge in [-0.2, -0.15) is 0 Å². The monoisotopic (exact) mass is 146 g/mol. The van der Waals surface area contributed by atoms with Crippen LogP contribution in [-0.4, -0.2) is 23.4 Å². The molecule has 10 heavy (non-hydrogen) atoms. The molecule has 62 valence electrons. The molecule has 1 atom stereocenters. The summed E-state index contributed by atoms with van der Waals surface area (Å²) in [6, 6.07) is 0. The van der Waals surface area contributed by atoms with Crippen molar-refractivity contribution in [3.63, 3.8) is 0 Å². The zero-order valence-corrected chi connectivity index (χ0v) is 6.93. The van der Waals surface area contributed by atoms with Gasteiger partial charge in [-0.15, -0.1) is 0 Å². The van der Waals surface area contributed by atoms with Gasteiger partial charge in [0.15, 0.2) is 0 Å². The quantitative estimate of drug-likeness (QED) is 0.611. The van der Waals surface area contributed by atoms with Gasteiger partial charge in [0.1, 0.15) is 0 Å². The van der Waals surface area contributed by atoms with Crippen LogP contribution >= 0.6 is 0 Å². The van der Waals surface area contributed by atoms with E-state index in [2.05, 4.69) is 6.92 Å². The van der Waals surface area contributed by atoms with Crippen LogP contribution < -0.4 is 0 Å². The lowest BCUT2D eigenvalue weighted by molar-refractivity contribution is 0.117. The zero-order valence-electron chi connectivity index (χ0n) is 6.93. The second-order valence-electron chi connectivity index (χ2n) is 3.15. The third-order valence-corrected chi connectivity index (χ3v) is 2.17. The Labute approximate surface area is 62.9 Å². The van der Waals surface area contributed by atoms with Crippen LogP contribution in [0.3, 0.4) is 0 Å². The summed E-state index contributed by atoms with van der Waals surface area (Å²) in [5, 5.41) is 17.5. The van der Waals surface area contributed by atoms with E-state index >= 15 is 0 Å². The Morgan fingerprint density at radius 1 is 1.30 bits per heavy atom. The highest BCUT2D eigenvalue weighted by atomic mass is 16.3. The molecule has 0 saturated carbocycles. The van der Waals surface area contributed by atoms with Crippen LogP contribution in [0.15, 0.2) is 0 Å². The summed E-state index contributed by atoms with van der Waals surface area (Å²) < 4.78 is 0. The molecule has 1 unspecified atom stereocenters. The fourth-order valence-electron chi connectivity index (χ4n) is 0.873. The van der Waals surface area contributed by atoms with Crippen LogP contribution in [0.5, 0.6) is 0 Å². The third-order valence-electron chi connectivity index (χ3n) is 2.17. The lowest BCUT2D eigenvalue weighted by Crippen LogP contribution is -2.20. The van der Waals surface area contributed by atoms with Crippen LogP contribution in [0.2, 0.25) is 0 Å².